The Morgan fingerprint density at radius 2 is 2.05 bits per heavy atom. The maximum absolute atomic E-state index is 12.6. The van der Waals surface area contributed by atoms with Crippen molar-refractivity contribution < 1.29 is 9.32 Å². The summed E-state index contributed by atoms with van der Waals surface area (Å²) in [5.74, 6) is 1.17. The number of hydrogen-bond donors (Lipinski definition) is 1. The Kier molecular flexibility index (Phi) is 3.78. The second kappa shape index (κ2) is 5.44. The van der Waals surface area contributed by atoms with Crippen LogP contribution in [0.15, 0.2) is 4.52 Å². The van der Waals surface area contributed by atoms with E-state index in [1.165, 1.54) is 12.8 Å². The fraction of sp³-hybridized carbons (Fsp3) is 0.750. The Hall–Kier alpha value is -1.36. The van der Waals surface area contributed by atoms with Crippen LogP contribution in [0.1, 0.15) is 66.3 Å². The summed E-state index contributed by atoms with van der Waals surface area (Å²) in [5, 5.41) is 7.12. The molecule has 1 amide bonds. The van der Waals surface area contributed by atoms with Crippen molar-refractivity contribution in [3.63, 3.8) is 0 Å². The fourth-order valence-electron chi connectivity index (χ4n) is 3.44. The molecule has 0 aromatic carbocycles. The molecule has 5 nitrogen and oxygen atoms in total. The van der Waals surface area contributed by atoms with Gasteiger partial charge in [0.05, 0.1) is 5.69 Å². The zero-order valence-corrected chi connectivity index (χ0v) is 13.2. The summed E-state index contributed by atoms with van der Waals surface area (Å²) in [4.78, 5) is 14.8. The summed E-state index contributed by atoms with van der Waals surface area (Å²) in [6.07, 6.45) is 7.01. The predicted molar refractivity (Wildman–Crippen MR) is 80.4 cm³/mol. The third kappa shape index (κ3) is 2.71. The zero-order valence-electron chi connectivity index (χ0n) is 13.2. The molecule has 1 N–H and O–H groups in total. The van der Waals surface area contributed by atoms with Crippen molar-refractivity contribution >= 4 is 5.91 Å². The first kappa shape index (κ1) is 14.6. The third-order valence-corrected chi connectivity index (χ3v) is 5.13. The first-order valence-electron chi connectivity index (χ1n) is 7.95. The largest absolute Gasteiger partial charge is 0.360 e. The molecule has 0 atom stereocenters. The minimum Gasteiger partial charge on any atom is -0.360 e. The van der Waals surface area contributed by atoms with Crippen LogP contribution in [-0.4, -0.2) is 42.1 Å². The van der Waals surface area contributed by atoms with Gasteiger partial charge in [0, 0.05) is 18.0 Å². The highest BCUT2D eigenvalue weighted by atomic mass is 16.5. The third-order valence-electron chi connectivity index (χ3n) is 5.13. The van der Waals surface area contributed by atoms with Gasteiger partial charge in [0.1, 0.15) is 5.56 Å². The van der Waals surface area contributed by atoms with Crippen LogP contribution < -0.4 is 5.32 Å². The molecule has 0 bridgehead atoms. The second-order valence-electron chi connectivity index (χ2n) is 6.79. The van der Waals surface area contributed by atoms with Crippen LogP contribution in [-0.2, 0) is 0 Å². The average molecular weight is 291 g/mol. The maximum Gasteiger partial charge on any atom is 0.256 e. The Bertz CT molecular complexity index is 526. The molecule has 1 heterocycles. The van der Waals surface area contributed by atoms with Crippen molar-refractivity contribution in [1.29, 1.82) is 0 Å². The van der Waals surface area contributed by atoms with Crippen molar-refractivity contribution in [3.05, 3.63) is 17.0 Å². The van der Waals surface area contributed by atoms with E-state index in [9.17, 15) is 4.79 Å². The number of rotatable bonds is 5. The molecule has 0 spiro atoms. The van der Waals surface area contributed by atoms with Crippen LogP contribution in [0.25, 0.3) is 0 Å². The standard InChI is InChI=1S/C16H25N3O2/c1-11-13(14(21-18-11)12-6-7-12)15(20)17-10-16(19(2)3)8-4-5-9-16/h12H,4-10H2,1-3H3,(H,17,20). The summed E-state index contributed by atoms with van der Waals surface area (Å²) in [7, 11) is 4.22. The summed E-state index contributed by atoms with van der Waals surface area (Å²) >= 11 is 0. The van der Waals surface area contributed by atoms with E-state index in [0.29, 0.717) is 23.7 Å². The van der Waals surface area contributed by atoms with E-state index in [1.54, 1.807) is 0 Å². The molecular weight excluding hydrogens is 266 g/mol. The van der Waals surface area contributed by atoms with Gasteiger partial charge >= 0.3 is 0 Å². The lowest BCUT2D eigenvalue weighted by atomic mass is 9.95. The van der Waals surface area contributed by atoms with Crippen LogP contribution in [0.4, 0.5) is 0 Å². The molecule has 0 radical (unpaired) electrons. The van der Waals surface area contributed by atoms with Crippen LogP contribution in [0.3, 0.4) is 0 Å². The van der Waals surface area contributed by atoms with Crippen molar-refractivity contribution in [1.82, 2.24) is 15.4 Å². The molecule has 1 aromatic heterocycles. The van der Waals surface area contributed by atoms with Crippen LogP contribution in [0, 0.1) is 6.92 Å². The molecule has 116 valence electrons. The summed E-state index contributed by atoms with van der Waals surface area (Å²) in [5.41, 5.74) is 1.49. The van der Waals surface area contributed by atoms with E-state index in [1.807, 2.05) is 6.92 Å². The lowest BCUT2D eigenvalue weighted by molar-refractivity contribution is 0.0897. The van der Waals surface area contributed by atoms with Gasteiger partial charge in [-0.1, -0.05) is 18.0 Å². The number of amides is 1. The first-order valence-corrected chi connectivity index (χ1v) is 7.95. The van der Waals surface area contributed by atoms with Gasteiger partial charge in [0.25, 0.3) is 5.91 Å². The Labute approximate surface area is 126 Å². The highest BCUT2D eigenvalue weighted by Crippen LogP contribution is 2.42. The van der Waals surface area contributed by atoms with Crippen molar-refractivity contribution in [3.8, 4) is 0 Å². The average Bonchev–Trinajstić information content (AvgIpc) is 3.04. The maximum atomic E-state index is 12.6. The molecule has 5 heteroatoms. The Morgan fingerprint density at radius 3 is 2.62 bits per heavy atom. The van der Waals surface area contributed by atoms with Gasteiger partial charge < -0.3 is 14.7 Å². The molecule has 3 rings (SSSR count). The van der Waals surface area contributed by atoms with E-state index in [2.05, 4.69) is 29.5 Å². The normalized spacial score (nSPS) is 21.0. The summed E-state index contributed by atoms with van der Waals surface area (Å²) in [6, 6.07) is 0. The molecule has 0 saturated heterocycles. The molecule has 2 aliphatic rings. The smallest absolute Gasteiger partial charge is 0.256 e. The molecule has 2 fully saturated rings. The van der Waals surface area contributed by atoms with Gasteiger partial charge in [-0.05, 0) is 46.7 Å². The number of aromatic nitrogens is 1. The van der Waals surface area contributed by atoms with Gasteiger partial charge in [-0.25, -0.2) is 0 Å². The van der Waals surface area contributed by atoms with E-state index >= 15 is 0 Å². The number of carbonyl (C=O) groups is 1. The van der Waals surface area contributed by atoms with E-state index in [4.69, 9.17) is 4.52 Å². The quantitative estimate of drug-likeness (QED) is 0.905. The molecule has 2 aliphatic carbocycles. The minimum absolute atomic E-state index is 0.0243. The molecule has 0 aliphatic heterocycles. The lowest BCUT2D eigenvalue weighted by Gasteiger charge is -2.36. The predicted octanol–water partition coefficient (Wildman–Crippen LogP) is 2.46. The molecule has 2 saturated carbocycles. The topological polar surface area (TPSA) is 58.4 Å². The van der Waals surface area contributed by atoms with Gasteiger partial charge in [-0.3, -0.25) is 4.79 Å². The number of hydrogen-bond acceptors (Lipinski definition) is 4. The van der Waals surface area contributed by atoms with Crippen molar-refractivity contribution in [2.24, 2.45) is 0 Å². The molecular formula is C16H25N3O2. The van der Waals surface area contributed by atoms with Crippen molar-refractivity contribution in [2.75, 3.05) is 20.6 Å². The van der Waals surface area contributed by atoms with Gasteiger partial charge in [0.2, 0.25) is 0 Å². The van der Waals surface area contributed by atoms with Crippen LogP contribution in [0.2, 0.25) is 0 Å². The monoisotopic (exact) mass is 291 g/mol. The van der Waals surface area contributed by atoms with Gasteiger partial charge in [-0.15, -0.1) is 0 Å². The van der Waals surface area contributed by atoms with Gasteiger partial charge in [-0.2, -0.15) is 0 Å². The lowest BCUT2D eigenvalue weighted by Crippen LogP contribution is -2.50. The van der Waals surface area contributed by atoms with Crippen LogP contribution in [0.5, 0.6) is 0 Å². The van der Waals surface area contributed by atoms with Crippen molar-refractivity contribution in [2.45, 2.75) is 56.9 Å². The number of nitrogens with one attached hydrogen (secondary N) is 1. The highest BCUT2D eigenvalue weighted by Gasteiger charge is 2.38. The SMILES string of the molecule is Cc1noc(C2CC2)c1C(=O)NCC1(N(C)C)CCCC1. The minimum atomic E-state index is -0.0243. The van der Waals surface area contributed by atoms with E-state index in [-0.39, 0.29) is 11.4 Å². The molecule has 1 aromatic rings. The summed E-state index contributed by atoms with van der Waals surface area (Å²) < 4.78 is 5.36. The zero-order chi connectivity index (χ0) is 15.0. The number of likely N-dealkylation sites (N-methyl/N-ethyl adjacent to an activating group) is 1. The number of aryl methyl sites for hydroxylation is 1. The Balaban J connectivity index is 1.70. The fourth-order valence-corrected chi connectivity index (χ4v) is 3.44. The van der Waals surface area contributed by atoms with E-state index < -0.39 is 0 Å². The molecule has 21 heavy (non-hydrogen) atoms. The summed E-state index contributed by atoms with van der Waals surface area (Å²) in [6.45, 7) is 2.55. The highest BCUT2D eigenvalue weighted by molar-refractivity contribution is 5.96. The van der Waals surface area contributed by atoms with E-state index in [0.717, 1.165) is 31.4 Å². The second-order valence-corrected chi connectivity index (χ2v) is 6.79. The van der Waals surface area contributed by atoms with Crippen LogP contribution >= 0.6 is 0 Å². The number of carbonyl (C=O) groups excluding carboxylic acids is 1. The Morgan fingerprint density at radius 1 is 1.38 bits per heavy atom. The number of nitrogens with zero attached hydrogens (tertiary/aromatic N) is 2. The van der Waals surface area contributed by atoms with Gasteiger partial charge in [0.15, 0.2) is 5.76 Å². The molecule has 0 unspecified atom stereocenters. The first-order chi connectivity index (χ1) is 10.0.